The van der Waals surface area contributed by atoms with Crippen molar-refractivity contribution in [3.05, 3.63) is 23.5 Å². The number of pyridine rings is 1. The first-order valence-corrected chi connectivity index (χ1v) is 4.85. The number of carbonyl (C=O) groups is 1. The van der Waals surface area contributed by atoms with Gasteiger partial charge in [-0.2, -0.15) is 0 Å². The van der Waals surface area contributed by atoms with E-state index in [1.807, 2.05) is 0 Å². The number of hydrogen-bond donors (Lipinski definition) is 1. The molecular weight excluding hydrogens is 202 g/mol. The molecule has 5 heteroatoms. The highest BCUT2D eigenvalue weighted by atomic mass is 35.5. The van der Waals surface area contributed by atoms with E-state index in [1.165, 1.54) is 0 Å². The SMILES string of the molecule is O=C1NC2CC2N1c1ccnc(Cl)c1. The molecule has 1 aliphatic heterocycles. The first-order chi connectivity index (χ1) is 6.75. The number of nitrogens with one attached hydrogen (secondary N) is 1. The van der Waals surface area contributed by atoms with Crippen LogP contribution in [0.15, 0.2) is 18.3 Å². The molecule has 1 N–H and O–H groups in total. The summed E-state index contributed by atoms with van der Waals surface area (Å²) in [5.41, 5.74) is 0.826. The van der Waals surface area contributed by atoms with Gasteiger partial charge >= 0.3 is 6.03 Å². The van der Waals surface area contributed by atoms with Gasteiger partial charge in [0.25, 0.3) is 0 Å². The van der Waals surface area contributed by atoms with Crippen molar-refractivity contribution in [2.75, 3.05) is 4.90 Å². The van der Waals surface area contributed by atoms with Gasteiger partial charge in [0, 0.05) is 6.20 Å². The van der Waals surface area contributed by atoms with E-state index in [4.69, 9.17) is 11.6 Å². The van der Waals surface area contributed by atoms with Gasteiger partial charge < -0.3 is 5.32 Å². The highest BCUT2D eigenvalue weighted by molar-refractivity contribution is 6.29. The van der Waals surface area contributed by atoms with Crippen LogP contribution in [-0.4, -0.2) is 23.1 Å². The van der Waals surface area contributed by atoms with Crippen LogP contribution in [0.3, 0.4) is 0 Å². The molecule has 2 aliphatic rings. The molecule has 0 radical (unpaired) electrons. The lowest BCUT2D eigenvalue weighted by Gasteiger charge is -2.16. The Kier molecular flexibility index (Phi) is 1.50. The summed E-state index contributed by atoms with van der Waals surface area (Å²) in [5, 5.41) is 3.30. The lowest BCUT2D eigenvalue weighted by atomic mass is 10.3. The molecule has 14 heavy (non-hydrogen) atoms. The largest absolute Gasteiger partial charge is 0.333 e. The average molecular weight is 210 g/mol. The highest BCUT2D eigenvalue weighted by Crippen LogP contribution is 2.37. The predicted molar refractivity (Wildman–Crippen MR) is 52.5 cm³/mol. The zero-order valence-corrected chi connectivity index (χ0v) is 8.03. The van der Waals surface area contributed by atoms with Crippen LogP contribution in [0.2, 0.25) is 5.15 Å². The Hall–Kier alpha value is -1.29. The van der Waals surface area contributed by atoms with E-state index in [1.54, 1.807) is 23.2 Å². The maximum absolute atomic E-state index is 11.5. The summed E-state index contributed by atoms with van der Waals surface area (Å²) in [5.74, 6) is 0. The minimum absolute atomic E-state index is 0.0338. The number of carbonyl (C=O) groups excluding carboxylic acids is 1. The molecular formula is C9H8ClN3O. The molecule has 1 aliphatic carbocycles. The quantitative estimate of drug-likeness (QED) is 0.711. The molecule has 1 aromatic heterocycles. The van der Waals surface area contributed by atoms with E-state index >= 15 is 0 Å². The first-order valence-electron chi connectivity index (χ1n) is 4.47. The molecule has 72 valence electrons. The van der Waals surface area contributed by atoms with Crippen LogP contribution in [0.5, 0.6) is 0 Å². The number of hydrogen-bond acceptors (Lipinski definition) is 2. The fourth-order valence-electron chi connectivity index (χ4n) is 1.85. The number of amides is 2. The number of rotatable bonds is 1. The van der Waals surface area contributed by atoms with E-state index in [-0.39, 0.29) is 6.03 Å². The number of fused-ring (bicyclic) bond motifs is 1. The lowest BCUT2D eigenvalue weighted by molar-refractivity contribution is 0.249. The van der Waals surface area contributed by atoms with Gasteiger partial charge in [0.15, 0.2) is 0 Å². The predicted octanol–water partition coefficient (Wildman–Crippen LogP) is 1.41. The van der Waals surface area contributed by atoms with Gasteiger partial charge in [-0.3, -0.25) is 4.90 Å². The van der Waals surface area contributed by atoms with E-state index < -0.39 is 0 Å². The van der Waals surface area contributed by atoms with Crippen molar-refractivity contribution in [2.45, 2.75) is 18.5 Å². The number of aromatic nitrogens is 1. The van der Waals surface area contributed by atoms with Crippen LogP contribution in [0.25, 0.3) is 0 Å². The highest BCUT2D eigenvalue weighted by Gasteiger charge is 2.52. The van der Waals surface area contributed by atoms with Crippen molar-refractivity contribution in [1.82, 2.24) is 10.3 Å². The first kappa shape index (κ1) is 8.05. The van der Waals surface area contributed by atoms with Crippen molar-refractivity contribution in [2.24, 2.45) is 0 Å². The third kappa shape index (κ3) is 1.07. The summed E-state index contributed by atoms with van der Waals surface area (Å²) >= 11 is 5.76. The fourth-order valence-corrected chi connectivity index (χ4v) is 2.02. The molecule has 2 amide bonds. The summed E-state index contributed by atoms with van der Waals surface area (Å²) in [6.45, 7) is 0. The normalized spacial score (nSPS) is 28.6. The molecule has 2 atom stereocenters. The zero-order valence-electron chi connectivity index (χ0n) is 7.27. The summed E-state index contributed by atoms with van der Waals surface area (Å²) in [7, 11) is 0. The fraction of sp³-hybridized carbons (Fsp3) is 0.333. The molecule has 0 bridgehead atoms. The Morgan fingerprint density at radius 1 is 1.64 bits per heavy atom. The van der Waals surface area contributed by atoms with E-state index in [9.17, 15) is 4.79 Å². The molecule has 0 aromatic carbocycles. The Morgan fingerprint density at radius 3 is 3.14 bits per heavy atom. The molecule has 2 unspecified atom stereocenters. The molecule has 3 rings (SSSR count). The van der Waals surface area contributed by atoms with E-state index in [2.05, 4.69) is 10.3 Å². The summed E-state index contributed by atoms with van der Waals surface area (Å²) < 4.78 is 0. The maximum Gasteiger partial charge on any atom is 0.322 e. The van der Waals surface area contributed by atoms with Gasteiger partial charge in [-0.25, -0.2) is 9.78 Å². The molecule has 4 nitrogen and oxygen atoms in total. The summed E-state index contributed by atoms with van der Waals surface area (Å²) in [4.78, 5) is 17.1. The lowest BCUT2D eigenvalue weighted by Crippen LogP contribution is -2.33. The third-order valence-electron chi connectivity index (χ3n) is 2.60. The van der Waals surface area contributed by atoms with Gasteiger partial charge in [0.05, 0.1) is 17.8 Å². The number of urea groups is 1. The van der Waals surface area contributed by atoms with Crippen LogP contribution in [0.4, 0.5) is 10.5 Å². The molecule has 1 saturated carbocycles. The number of nitrogens with zero attached hydrogens (tertiary/aromatic N) is 2. The van der Waals surface area contributed by atoms with Crippen LogP contribution < -0.4 is 10.2 Å². The molecule has 2 heterocycles. The van der Waals surface area contributed by atoms with Gasteiger partial charge in [-0.05, 0) is 18.6 Å². The van der Waals surface area contributed by atoms with Crippen LogP contribution in [-0.2, 0) is 0 Å². The van der Waals surface area contributed by atoms with Crippen molar-refractivity contribution >= 4 is 23.3 Å². The second-order valence-corrected chi connectivity index (χ2v) is 3.95. The molecule has 2 fully saturated rings. The van der Waals surface area contributed by atoms with Crippen LogP contribution in [0, 0.1) is 0 Å². The minimum Gasteiger partial charge on any atom is -0.333 e. The average Bonchev–Trinajstić information content (AvgIpc) is 2.78. The van der Waals surface area contributed by atoms with Gasteiger partial charge in [0.1, 0.15) is 5.15 Å². The van der Waals surface area contributed by atoms with E-state index in [0.29, 0.717) is 17.2 Å². The van der Waals surface area contributed by atoms with Crippen molar-refractivity contribution in [3.63, 3.8) is 0 Å². The third-order valence-corrected chi connectivity index (χ3v) is 2.81. The maximum atomic E-state index is 11.5. The molecule has 1 aromatic rings. The van der Waals surface area contributed by atoms with Crippen molar-refractivity contribution in [1.29, 1.82) is 0 Å². The molecule has 0 spiro atoms. The van der Waals surface area contributed by atoms with Crippen LogP contribution >= 0.6 is 11.6 Å². The topological polar surface area (TPSA) is 45.2 Å². The smallest absolute Gasteiger partial charge is 0.322 e. The Morgan fingerprint density at radius 2 is 2.50 bits per heavy atom. The zero-order chi connectivity index (χ0) is 9.71. The van der Waals surface area contributed by atoms with Gasteiger partial charge in [0.2, 0.25) is 0 Å². The van der Waals surface area contributed by atoms with Crippen LogP contribution in [0.1, 0.15) is 6.42 Å². The Labute approximate surface area is 85.9 Å². The second kappa shape index (κ2) is 2.60. The second-order valence-electron chi connectivity index (χ2n) is 3.57. The van der Waals surface area contributed by atoms with Gasteiger partial charge in [-0.15, -0.1) is 0 Å². The monoisotopic (exact) mass is 209 g/mol. The standard InChI is InChI=1S/C9H8ClN3O/c10-8-3-5(1-2-11-8)13-7-4-6(7)12-9(13)14/h1-3,6-7H,4H2,(H,12,14). The summed E-state index contributed by atoms with van der Waals surface area (Å²) in [6, 6.07) is 4.14. The summed E-state index contributed by atoms with van der Waals surface area (Å²) in [6.07, 6.45) is 2.65. The van der Waals surface area contributed by atoms with E-state index in [0.717, 1.165) is 12.1 Å². The van der Waals surface area contributed by atoms with Crippen molar-refractivity contribution < 1.29 is 4.79 Å². The number of halogens is 1. The van der Waals surface area contributed by atoms with Gasteiger partial charge in [-0.1, -0.05) is 11.6 Å². The Bertz CT molecular complexity index is 409. The molecule has 1 saturated heterocycles. The minimum atomic E-state index is -0.0338. The number of anilines is 1. The van der Waals surface area contributed by atoms with Crippen molar-refractivity contribution in [3.8, 4) is 0 Å². The Balaban J connectivity index is 1.98.